The van der Waals surface area contributed by atoms with Gasteiger partial charge in [0, 0.05) is 39.3 Å². The quantitative estimate of drug-likeness (QED) is 0.594. The fraction of sp³-hybridized carbons (Fsp3) is 0.417. The lowest BCUT2D eigenvalue weighted by atomic mass is 9.93. The predicted molar refractivity (Wildman–Crippen MR) is 122 cm³/mol. The Hall–Kier alpha value is -3.42. The minimum Gasteiger partial charge on any atom is -0.497 e. The summed E-state index contributed by atoms with van der Waals surface area (Å²) in [5.74, 6) is 2.06. The number of methoxy groups -OCH3 is 1. The largest absolute Gasteiger partial charge is 0.497 e. The Morgan fingerprint density at radius 1 is 1.16 bits per heavy atom. The molecular weight excluding hydrogens is 406 g/mol. The molecule has 1 aliphatic rings. The van der Waals surface area contributed by atoms with Crippen molar-refractivity contribution >= 4 is 11.9 Å². The van der Waals surface area contributed by atoms with E-state index in [-0.39, 0.29) is 11.9 Å². The van der Waals surface area contributed by atoms with Gasteiger partial charge in [-0.25, -0.2) is 15.0 Å². The molecular formula is C24H29N5O3. The Bertz CT molecular complexity index is 1110. The third-order valence-corrected chi connectivity index (χ3v) is 5.78. The maximum Gasteiger partial charge on any atom is 0.292 e. The minimum atomic E-state index is -0.181. The van der Waals surface area contributed by atoms with E-state index in [1.165, 1.54) is 0 Å². The highest BCUT2D eigenvalue weighted by Gasteiger charge is 2.34. The summed E-state index contributed by atoms with van der Waals surface area (Å²) in [7, 11) is 5.47. The monoisotopic (exact) mass is 435 g/mol. The van der Waals surface area contributed by atoms with E-state index >= 15 is 0 Å². The second-order valence-corrected chi connectivity index (χ2v) is 8.25. The summed E-state index contributed by atoms with van der Waals surface area (Å²) in [6, 6.07) is 7.65. The molecule has 1 amide bonds. The van der Waals surface area contributed by atoms with Gasteiger partial charge in [0.05, 0.1) is 24.5 Å². The molecule has 0 spiro atoms. The first-order valence-corrected chi connectivity index (χ1v) is 10.8. The van der Waals surface area contributed by atoms with E-state index in [0.29, 0.717) is 29.8 Å². The lowest BCUT2D eigenvalue weighted by Gasteiger charge is -2.36. The molecule has 1 atom stereocenters. The average molecular weight is 436 g/mol. The van der Waals surface area contributed by atoms with E-state index in [1.807, 2.05) is 54.4 Å². The van der Waals surface area contributed by atoms with Crippen molar-refractivity contribution in [2.24, 2.45) is 0 Å². The molecule has 32 heavy (non-hydrogen) atoms. The van der Waals surface area contributed by atoms with Gasteiger partial charge in [-0.3, -0.25) is 4.79 Å². The van der Waals surface area contributed by atoms with Crippen LogP contribution in [0.1, 0.15) is 53.1 Å². The first-order chi connectivity index (χ1) is 15.4. The number of carbonyl (C=O) groups excluding carboxylic acids is 1. The van der Waals surface area contributed by atoms with Crippen molar-refractivity contribution in [1.82, 2.24) is 19.9 Å². The molecule has 8 heteroatoms. The molecule has 168 valence electrons. The molecule has 2 aromatic heterocycles. The zero-order valence-corrected chi connectivity index (χ0v) is 19.3. The number of anilines is 1. The molecule has 0 bridgehead atoms. The number of hydrogen-bond donors (Lipinski definition) is 0. The van der Waals surface area contributed by atoms with E-state index in [2.05, 4.69) is 9.97 Å². The highest BCUT2D eigenvalue weighted by atomic mass is 16.5. The van der Waals surface area contributed by atoms with Crippen LogP contribution in [0.2, 0.25) is 0 Å². The predicted octanol–water partition coefficient (Wildman–Crippen LogP) is 4.19. The molecule has 3 heterocycles. The van der Waals surface area contributed by atoms with Crippen molar-refractivity contribution in [2.75, 3.05) is 32.6 Å². The maximum atomic E-state index is 13.5. The van der Waals surface area contributed by atoms with Crippen molar-refractivity contribution in [3.8, 4) is 16.9 Å². The topological polar surface area (TPSA) is 84.6 Å². The van der Waals surface area contributed by atoms with E-state index in [4.69, 9.17) is 14.1 Å². The molecule has 0 N–H and O–H groups in total. The number of ether oxygens (including phenoxy) is 1. The minimum absolute atomic E-state index is 0.140. The average Bonchev–Trinajstić information content (AvgIpc) is 3.16. The van der Waals surface area contributed by atoms with E-state index in [1.54, 1.807) is 21.0 Å². The van der Waals surface area contributed by atoms with Crippen LogP contribution >= 0.6 is 0 Å². The van der Waals surface area contributed by atoms with Crippen LogP contribution in [-0.2, 0) is 0 Å². The summed E-state index contributed by atoms with van der Waals surface area (Å²) in [5, 5.41) is 0. The number of piperidine rings is 1. The molecule has 0 radical (unpaired) electrons. The van der Waals surface area contributed by atoms with Gasteiger partial charge in [0.15, 0.2) is 5.89 Å². The van der Waals surface area contributed by atoms with Crippen molar-refractivity contribution in [3.63, 3.8) is 0 Å². The van der Waals surface area contributed by atoms with Crippen LogP contribution in [0.25, 0.3) is 11.1 Å². The first-order valence-electron chi connectivity index (χ1n) is 10.8. The van der Waals surface area contributed by atoms with Crippen LogP contribution < -0.4 is 9.64 Å². The van der Waals surface area contributed by atoms with Gasteiger partial charge < -0.3 is 19.0 Å². The van der Waals surface area contributed by atoms with Gasteiger partial charge in [0.1, 0.15) is 5.75 Å². The van der Waals surface area contributed by atoms with Gasteiger partial charge in [-0.1, -0.05) is 12.1 Å². The second kappa shape index (κ2) is 8.98. The fourth-order valence-corrected chi connectivity index (χ4v) is 4.17. The van der Waals surface area contributed by atoms with E-state index in [0.717, 1.165) is 41.8 Å². The Labute approximate surface area is 188 Å². The molecule has 1 fully saturated rings. The maximum absolute atomic E-state index is 13.5. The highest BCUT2D eigenvalue weighted by molar-refractivity contribution is 5.93. The number of likely N-dealkylation sites (tertiary alicyclic amines) is 1. The summed E-state index contributed by atoms with van der Waals surface area (Å²) in [6.07, 6.45) is 4.63. The van der Waals surface area contributed by atoms with Gasteiger partial charge >= 0.3 is 0 Å². The molecule has 0 unspecified atom stereocenters. The van der Waals surface area contributed by atoms with Gasteiger partial charge in [0.2, 0.25) is 11.7 Å². The Morgan fingerprint density at radius 2 is 1.91 bits per heavy atom. The lowest BCUT2D eigenvalue weighted by Crippen LogP contribution is -2.39. The molecule has 0 saturated carbocycles. The van der Waals surface area contributed by atoms with Crippen LogP contribution in [0.5, 0.6) is 5.75 Å². The summed E-state index contributed by atoms with van der Waals surface area (Å²) < 4.78 is 11.0. The zero-order valence-electron chi connectivity index (χ0n) is 19.3. The summed E-state index contributed by atoms with van der Waals surface area (Å²) in [5.41, 5.74) is 3.35. The molecule has 1 saturated heterocycles. The van der Waals surface area contributed by atoms with Crippen LogP contribution in [0.15, 0.2) is 34.9 Å². The van der Waals surface area contributed by atoms with Gasteiger partial charge in [0.25, 0.3) is 5.91 Å². The van der Waals surface area contributed by atoms with Gasteiger partial charge in [-0.05, 0) is 43.9 Å². The third-order valence-electron chi connectivity index (χ3n) is 5.78. The van der Waals surface area contributed by atoms with E-state index < -0.39 is 0 Å². The third kappa shape index (κ3) is 4.17. The summed E-state index contributed by atoms with van der Waals surface area (Å²) >= 11 is 0. The smallest absolute Gasteiger partial charge is 0.292 e. The number of rotatable bonds is 5. The second-order valence-electron chi connectivity index (χ2n) is 8.25. The van der Waals surface area contributed by atoms with Crippen molar-refractivity contribution in [3.05, 3.63) is 53.5 Å². The standard InChI is InChI=1S/C24H29N5O3/c1-15-22(32-16(2)26-15)23(30)29-13-7-6-8-20(29)21-19(14-25-24(27-21)28(3)4)17-9-11-18(31-5)12-10-17/h9-12,14,20H,6-8,13H2,1-5H3/t20-/m0/s1. The van der Waals surface area contributed by atoms with Crippen LogP contribution in [0.3, 0.4) is 0 Å². The number of amides is 1. The Balaban J connectivity index is 1.80. The Kier molecular flexibility index (Phi) is 6.12. The molecule has 1 aromatic carbocycles. The molecule has 4 rings (SSSR count). The number of benzene rings is 1. The van der Waals surface area contributed by atoms with Crippen molar-refractivity contribution in [2.45, 2.75) is 39.2 Å². The van der Waals surface area contributed by atoms with Crippen LogP contribution in [0.4, 0.5) is 5.95 Å². The normalized spacial score (nSPS) is 16.2. The Morgan fingerprint density at radius 3 is 2.53 bits per heavy atom. The number of aromatic nitrogens is 3. The number of aryl methyl sites for hydroxylation is 2. The number of oxazole rings is 1. The molecule has 1 aliphatic heterocycles. The molecule has 3 aromatic rings. The molecule has 0 aliphatic carbocycles. The summed E-state index contributed by atoms with van der Waals surface area (Å²) in [6.45, 7) is 4.21. The summed E-state index contributed by atoms with van der Waals surface area (Å²) in [4.78, 5) is 31.0. The van der Waals surface area contributed by atoms with Gasteiger partial charge in [-0.15, -0.1) is 0 Å². The van der Waals surface area contributed by atoms with Crippen molar-refractivity contribution < 1.29 is 13.9 Å². The van der Waals surface area contributed by atoms with Crippen molar-refractivity contribution in [1.29, 1.82) is 0 Å². The fourth-order valence-electron chi connectivity index (χ4n) is 4.17. The lowest BCUT2D eigenvalue weighted by molar-refractivity contribution is 0.0572. The van der Waals surface area contributed by atoms with E-state index in [9.17, 15) is 4.79 Å². The molecule has 8 nitrogen and oxygen atoms in total. The van der Waals surface area contributed by atoms with Crippen LogP contribution in [0, 0.1) is 13.8 Å². The van der Waals surface area contributed by atoms with Gasteiger partial charge in [-0.2, -0.15) is 0 Å². The SMILES string of the molecule is COc1ccc(-c2cnc(N(C)C)nc2[C@@H]2CCCCN2C(=O)c2oc(C)nc2C)cc1. The number of hydrogen-bond acceptors (Lipinski definition) is 7. The first kappa shape index (κ1) is 21.8. The number of carbonyl (C=O) groups is 1. The van der Waals surface area contributed by atoms with Crippen LogP contribution in [-0.4, -0.2) is 53.5 Å². The number of nitrogens with zero attached hydrogens (tertiary/aromatic N) is 5. The highest BCUT2D eigenvalue weighted by Crippen LogP contribution is 2.37. The zero-order chi connectivity index (χ0) is 22.8.